The smallest absolute Gasteiger partial charge is 1.00 e. The summed E-state index contributed by atoms with van der Waals surface area (Å²) >= 11 is 0. The first-order valence-electron chi connectivity index (χ1n) is 3.05. The second kappa shape index (κ2) is 6.40. The normalized spacial score (nSPS) is 8.00. The minimum atomic E-state index is 0. The van der Waals surface area contributed by atoms with Gasteiger partial charge in [0.05, 0.1) is 0 Å². The van der Waals surface area contributed by atoms with E-state index in [1.165, 1.54) is 0 Å². The molecular formula is C8H9NaO2. The van der Waals surface area contributed by atoms with Crippen LogP contribution in [0.2, 0.25) is 0 Å². The van der Waals surface area contributed by atoms with Crippen molar-refractivity contribution >= 4 is 6.29 Å². The summed E-state index contributed by atoms with van der Waals surface area (Å²) in [7, 11) is 0. The first-order valence-corrected chi connectivity index (χ1v) is 3.05. The van der Waals surface area contributed by atoms with Crippen molar-refractivity contribution in [2.45, 2.75) is 0 Å². The van der Waals surface area contributed by atoms with Crippen molar-refractivity contribution in [2.24, 2.45) is 0 Å². The Balaban J connectivity index is 0. The average molecular weight is 160 g/mol. The van der Waals surface area contributed by atoms with Crippen molar-refractivity contribution in [1.82, 2.24) is 0 Å². The third-order valence-corrected chi connectivity index (χ3v) is 1.06. The van der Waals surface area contributed by atoms with Crippen molar-refractivity contribution < 1.29 is 40.5 Å². The fraction of sp³-hybridized carbons (Fsp3) is 0.125. The number of para-hydroxylation sites is 1. The molecule has 0 fully saturated rings. The van der Waals surface area contributed by atoms with Gasteiger partial charge in [-0.3, -0.25) is 4.79 Å². The Labute approximate surface area is 89.3 Å². The minimum absolute atomic E-state index is 0. The van der Waals surface area contributed by atoms with E-state index in [-0.39, 0.29) is 37.6 Å². The summed E-state index contributed by atoms with van der Waals surface area (Å²) in [6, 6.07) is 9.24. The fourth-order valence-electron chi connectivity index (χ4n) is 0.647. The molecule has 0 amide bonds. The molecular weight excluding hydrogens is 151 g/mol. The van der Waals surface area contributed by atoms with Crippen molar-refractivity contribution in [2.75, 3.05) is 6.61 Å². The van der Waals surface area contributed by atoms with Crippen LogP contribution in [0.1, 0.15) is 1.43 Å². The van der Waals surface area contributed by atoms with Gasteiger partial charge in [0.15, 0.2) is 6.29 Å². The van der Waals surface area contributed by atoms with Gasteiger partial charge >= 0.3 is 29.6 Å². The summed E-state index contributed by atoms with van der Waals surface area (Å²) in [6.45, 7) is 0.129. The Kier molecular flexibility index (Phi) is 6.22. The van der Waals surface area contributed by atoms with Gasteiger partial charge in [-0.25, -0.2) is 0 Å². The van der Waals surface area contributed by atoms with Crippen LogP contribution in [-0.4, -0.2) is 12.9 Å². The third kappa shape index (κ3) is 4.19. The predicted octanol–water partition coefficient (Wildman–Crippen LogP) is -1.62. The number of benzene rings is 1. The molecule has 0 heterocycles. The van der Waals surface area contributed by atoms with Crippen LogP contribution >= 0.6 is 0 Å². The van der Waals surface area contributed by atoms with Crippen LogP contribution in [0.4, 0.5) is 0 Å². The second-order valence-electron chi connectivity index (χ2n) is 1.79. The van der Waals surface area contributed by atoms with Gasteiger partial charge in [-0.2, -0.15) is 0 Å². The van der Waals surface area contributed by atoms with E-state index in [0.29, 0.717) is 0 Å². The molecule has 0 bridgehead atoms. The van der Waals surface area contributed by atoms with Crippen molar-refractivity contribution in [3.8, 4) is 5.75 Å². The molecule has 0 unspecified atom stereocenters. The monoisotopic (exact) mass is 160 g/mol. The molecule has 3 heteroatoms. The number of aldehydes is 1. The Hall–Kier alpha value is -0.310. The van der Waals surface area contributed by atoms with Crippen LogP contribution in [0, 0.1) is 0 Å². The summed E-state index contributed by atoms with van der Waals surface area (Å²) in [5, 5.41) is 0. The topological polar surface area (TPSA) is 26.3 Å². The van der Waals surface area contributed by atoms with Crippen molar-refractivity contribution in [3.05, 3.63) is 30.3 Å². The molecule has 0 radical (unpaired) electrons. The van der Waals surface area contributed by atoms with Crippen LogP contribution in [0.5, 0.6) is 5.75 Å². The van der Waals surface area contributed by atoms with E-state index < -0.39 is 0 Å². The van der Waals surface area contributed by atoms with E-state index in [1.807, 2.05) is 30.3 Å². The molecule has 2 nitrogen and oxygen atoms in total. The number of hydrogen-bond acceptors (Lipinski definition) is 2. The zero-order valence-electron chi connectivity index (χ0n) is 7.49. The van der Waals surface area contributed by atoms with Crippen LogP contribution in [0.15, 0.2) is 30.3 Å². The SMILES string of the molecule is O=CCOc1ccccc1.[H-].[Na+]. The van der Waals surface area contributed by atoms with Crippen LogP contribution < -0.4 is 34.3 Å². The standard InChI is InChI=1S/C8H8O2.Na.H/c9-6-7-10-8-4-2-1-3-5-8;;/h1-6H,7H2;;/q;+1;-1. The molecule has 1 rings (SSSR count). The Morgan fingerprint density at radius 1 is 1.36 bits per heavy atom. The van der Waals surface area contributed by atoms with E-state index in [2.05, 4.69) is 0 Å². The summed E-state index contributed by atoms with van der Waals surface area (Å²) in [5.41, 5.74) is 0. The van der Waals surface area contributed by atoms with Crippen LogP contribution in [-0.2, 0) is 4.79 Å². The maximum absolute atomic E-state index is 9.85. The summed E-state index contributed by atoms with van der Waals surface area (Å²) in [6.07, 6.45) is 0.729. The Bertz CT molecular complexity index is 203. The third-order valence-electron chi connectivity index (χ3n) is 1.06. The van der Waals surface area contributed by atoms with E-state index in [1.54, 1.807) is 0 Å². The van der Waals surface area contributed by atoms with Crippen LogP contribution in [0.25, 0.3) is 0 Å². The van der Waals surface area contributed by atoms with Gasteiger partial charge in [-0.15, -0.1) is 0 Å². The van der Waals surface area contributed by atoms with Crippen molar-refractivity contribution in [1.29, 1.82) is 0 Å². The van der Waals surface area contributed by atoms with Gasteiger partial charge in [0.2, 0.25) is 0 Å². The van der Waals surface area contributed by atoms with E-state index in [9.17, 15) is 4.79 Å². The van der Waals surface area contributed by atoms with Crippen molar-refractivity contribution in [3.63, 3.8) is 0 Å². The first-order chi connectivity index (χ1) is 4.93. The van der Waals surface area contributed by atoms with Gasteiger partial charge in [-0.1, -0.05) is 18.2 Å². The summed E-state index contributed by atoms with van der Waals surface area (Å²) in [4.78, 5) is 9.85. The van der Waals surface area contributed by atoms with E-state index in [0.717, 1.165) is 12.0 Å². The Morgan fingerprint density at radius 3 is 2.55 bits per heavy atom. The molecule has 0 atom stereocenters. The quantitative estimate of drug-likeness (QED) is 0.392. The van der Waals surface area contributed by atoms with Gasteiger partial charge in [-0.05, 0) is 12.1 Å². The molecule has 0 saturated carbocycles. The first kappa shape index (κ1) is 10.7. The van der Waals surface area contributed by atoms with Crippen LogP contribution in [0.3, 0.4) is 0 Å². The minimum Gasteiger partial charge on any atom is -1.00 e. The van der Waals surface area contributed by atoms with E-state index >= 15 is 0 Å². The number of hydrogen-bond donors (Lipinski definition) is 0. The summed E-state index contributed by atoms with van der Waals surface area (Å²) in [5.74, 6) is 0.731. The zero-order valence-corrected chi connectivity index (χ0v) is 8.49. The number of carbonyl (C=O) groups is 1. The molecule has 0 aliphatic heterocycles. The molecule has 54 valence electrons. The van der Waals surface area contributed by atoms with Gasteiger partial charge in [0.25, 0.3) is 0 Å². The molecule has 0 aromatic heterocycles. The van der Waals surface area contributed by atoms with E-state index in [4.69, 9.17) is 4.74 Å². The van der Waals surface area contributed by atoms with Gasteiger partial charge in [0, 0.05) is 0 Å². The molecule has 0 N–H and O–H groups in total. The number of ether oxygens (including phenoxy) is 1. The largest absolute Gasteiger partial charge is 1.00 e. The number of carbonyl (C=O) groups excluding carboxylic acids is 1. The molecule has 0 saturated heterocycles. The number of rotatable bonds is 3. The summed E-state index contributed by atoms with van der Waals surface area (Å²) < 4.78 is 4.99. The maximum atomic E-state index is 9.85. The zero-order chi connectivity index (χ0) is 7.23. The molecule has 0 aliphatic carbocycles. The molecule has 11 heavy (non-hydrogen) atoms. The van der Waals surface area contributed by atoms with Gasteiger partial charge in [0.1, 0.15) is 12.4 Å². The molecule has 1 aromatic rings. The predicted molar refractivity (Wildman–Crippen MR) is 39.1 cm³/mol. The van der Waals surface area contributed by atoms with Gasteiger partial charge < -0.3 is 6.16 Å². The second-order valence-corrected chi connectivity index (χ2v) is 1.79. The Morgan fingerprint density at radius 2 is 2.00 bits per heavy atom. The average Bonchev–Trinajstić information content (AvgIpc) is 2.03. The molecule has 0 aliphatic rings. The molecule has 0 spiro atoms. The molecule has 1 aromatic carbocycles. The maximum Gasteiger partial charge on any atom is 1.00 e. The fourth-order valence-corrected chi connectivity index (χ4v) is 0.647.